The van der Waals surface area contributed by atoms with Crippen LogP contribution in [0.15, 0.2) is 18.2 Å². The Morgan fingerprint density at radius 2 is 2.05 bits per heavy atom. The molecule has 0 radical (unpaired) electrons. The quantitative estimate of drug-likeness (QED) is 0.884. The Balaban J connectivity index is 2.46. The molecule has 1 rings (SSSR count). The number of amides is 1. The second kappa shape index (κ2) is 6.84. The lowest BCUT2D eigenvalue weighted by molar-refractivity contribution is 0.0526. The SMILES string of the molecule is Cc1ccc(Cl)c(NC(C)CNC(=O)OC(C)(C)C)c1. The average Bonchev–Trinajstić information content (AvgIpc) is 2.29. The van der Waals surface area contributed by atoms with Crippen LogP contribution in [0.5, 0.6) is 0 Å². The summed E-state index contributed by atoms with van der Waals surface area (Å²) < 4.78 is 5.18. The molecule has 0 fully saturated rings. The van der Waals surface area contributed by atoms with E-state index in [9.17, 15) is 4.79 Å². The van der Waals surface area contributed by atoms with Crippen LogP contribution < -0.4 is 10.6 Å². The van der Waals surface area contributed by atoms with Crippen LogP contribution in [0.3, 0.4) is 0 Å². The highest BCUT2D eigenvalue weighted by Gasteiger charge is 2.16. The van der Waals surface area contributed by atoms with Gasteiger partial charge in [-0.15, -0.1) is 0 Å². The molecule has 0 aliphatic rings. The first-order valence-corrected chi connectivity index (χ1v) is 7.05. The number of nitrogens with one attached hydrogen (secondary N) is 2. The van der Waals surface area contributed by atoms with Crippen LogP contribution in [0.25, 0.3) is 0 Å². The number of aryl methyl sites for hydroxylation is 1. The molecule has 1 amide bonds. The van der Waals surface area contributed by atoms with Crippen molar-refractivity contribution in [3.05, 3.63) is 28.8 Å². The Bertz CT molecular complexity index is 469. The predicted octanol–water partition coefficient (Wildman–Crippen LogP) is 3.97. The molecule has 0 aliphatic heterocycles. The van der Waals surface area contributed by atoms with Gasteiger partial charge in [0, 0.05) is 12.6 Å². The monoisotopic (exact) mass is 298 g/mol. The summed E-state index contributed by atoms with van der Waals surface area (Å²) in [5, 5.41) is 6.66. The molecule has 2 N–H and O–H groups in total. The van der Waals surface area contributed by atoms with E-state index in [1.807, 2.05) is 52.8 Å². The number of hydrogen-bond donors (Lipinski definition) is 2. The molecule has 0 aliphatic carbocycles. The Labute approximate surface area is 125 Å². The molecule has 0 saturated carbocycles. The van der Waals surface area contributed by atoms with Crippen LogP contribution >= 0.6 is 11.6 Å². The van der Waals surface area contributed by atoms with Gasteiger partial charge in [-0.2, -0.15) is 0 Å². The van der Waals surface area contributed by atoms with Gasteiger partial charge in [0.25, 0.3) is 0 Å². The van der Waals surface area contributed by atoms with Gasteiger partial charge in [-0.25, -0.2) is 4.79 Å². The molecule has 0 aromatic heterocycles. The van der Waals surface area contributed by atoms with Crippen LogP contribution in [-0.4, -0.2) is 24.3 Å². The molecule has 0 spiro atoms. The lowest BCUT2D eigenvalue weighted by atomic mass is 10.2. The van der Waals surface area contributed by atoms with Crippen molar-refractivity contribution in [3.63, 3.8) is 0 Å². The Hall–Kier alpha value is -1.42. The number of ether oxygens (including phenoxy) is 1. The second-order valence-corrected chi connectivity index (χ2v) is 6.32. The van der Waals surface area contributed by atoms with Crippen LogP contribution in [0.2, 0.25) is 5.02 Å². The molecule has 1 aromatic rings. The summed E-state index contributed by atoms with van der Waals surface area (Å²) in [7, 11) is 0. The first-order chi connectivity index (χ1) is 9.17. The third kappa shape index (κ3) is 6.15. The van der Waals surface area contributed by atoms with Gasteiger partial charge in [-0.05, 0) is 52.3 Å². The van der Waals surface area contributed by atoms with Crippen LogP contribution in [0, 0.1) is 6.92 Å². The van der Waals surface area contributed by atoms with Crippen molar-refractivity contribution in [3.8, 4) is 0 Å². The van der Waals surface area contributed by atoms with Crippen molar-refractivity contribution in [2.45, 2.75) is 46.3 Å². The summed E-state index contributed by atoms with van der Waals surface area (Å²) in [6, 6.07) is 5.83. The number of carbonyl (C=O) groups excluding carboxylic acids is 1. The van der Waals surface area contributed by atoms with Crippen LogP contribution in [-0.2, 0) is 4.74 Å². The first kappa shape index (κ1) is 16.6. The zero-order chi connectivity index (χ0) is 15.3. The van der Waals surface area contributed by atoms with Crippen molar-refractivity contribution >= 4 is 23.4 Å². The second-order valence-electron chi connectivity index (χ2n) is 5.91. The molecule has 112 valence electrons. The third-order valence-corrected chi connectivity index (χ3v) is 2.80. The highest BCUT2D eigenvalue weighted by atomic mass is 35.5. The van der Waals surface area contributed by atoms with E-state index in [-0.39, 0.29) is 6.04 Å². The van der Waals surface area contributed by atoms with Gasteiger partial charge in [0.1, 0.15) is 5.60 Å². The first-order valence-electron chi connectivity index (χ1n) is 6.67. The smallest absolute Gasteiger partial charge is 0.407 e. The number of alkyl carbamates (subject to hydrolysis) is 1. The van der Waals surface area contributed by atoms with E-state index in [0.29, 0.717) is 11.6 Å². The van der Waals surface area contributed by atoms with E-state index in [1.165, 1.54) is 0 Å². The molecule has 0 bridgehead atoms. The predicted molar refractivity (Wildman–Crippen MR) is 83.5 cm³/mol. The van der Waals surface area contributed by atoms with Crippen molar-refractivity contribution in [1.82, 2.24) is 5.32 Å². The third-order valence-electron chi connectivity index (χ3n) is 2.48. The largest absolute Gasteiger partial charge is 0.444 e. The molecule has 20 heavy (non-hydrogen) atoms. The maximum absolute atomic E-state index is 11.5. The van der Waals surface area contributed by atoms with E-state index in [0.717, 1.165) is 11.3 Å². The van der Waals surface area contributed by atoms with Crippen LogP contribution in [0.1, 0.15) is 33.3 Å². The number of halogens is 1. The summed E-state index contributed by atoms with van der Waals surface area (Å²) in [5.41, 5.74) is 1.51. The van der Waals surface area contributed by atoms with E-state index in [4.69, 9.17) is 16.3 Å². The summed E-state index contributed by atoms with van der Waals surface area (Å²) in [6.07, 6.45) is -0.415. The van der Waals surface area contributed by atoms with E-state index in [1.54, 1.807) is 0 Å². The number of hydrogen-bond acceptors (Lipinski definition) is 3. The Morgan fingerprint density at radius 3 is 2.65 bits per heavy atom. The minimum atomic E-state index is -0.486. The molecular formula is C15H23ClN2O2. The van der Waals surface area contributed by atoms with Gasteiger partial charge in [-0.3, -0.25) is 0 Å². The maximum atomic E-state index is 11.5. The summed E-state index contributed by atoms with van der Waals surface area (Å²) in [4.78, 5) is 11.5. The van der Waals surface area contributed by atoms with Crippen molar-refractivity contribution < 1.29 is 9.53 Å². The van der Waals surface area contributed by atoms with Gasteiger partial charge in [0.05, 0.1) is 10.7 Å². The Kier molecular flexibility index (Phi) is 5.69. The lowest BCUT2D eigenvalue weighted by Crippen LogP contribution is -2.38. The minimum Gasteiger partial charge on any atom is -0.444 e. The molecule has 5 heteroatoms. The van der Waals surface area contributed by atoms with Crippen molar-refractivity contribution in [2.24, 2.45) is 0 Å². The summed E-state index contributed by atoms with van der Waals surface area (Å²) >= 11 is 6.12. The highest BCUT2D eigenvalue weighted by molar-refractivity contribution is 6.33. The fourth-order valence-electron chi connectivity index (χ4n) is 1.62. The number of benzene rings is 1. The fourth-order valence-corrected chi connectivity index (χ4v) is 1.79. The van der Waals surface area contributed by atoms with E-state index in [2.05, 4.69) is 10.6 Å². The normalized spacial score (nSPS) is 12.7. The van der Waals surface area contributed by atoms with Crippen LogP contribution in [0.4, 0.5) is 10.5 Å². The maximum Gasteiger partial charge on any atom is 0.407 e. The van der Waals surface area contributed by atoms with E-state index >= 15 is 0 Å². The molecule has 1 unspecified atom stereocenters. The highest BCUT2D eigenvalue weighted by Crippen LogP contribution is 2.23. The zero-order valence-corrected chi connectivity index (χ0v) is 13.5. The molecular weight excluding hydrogens is 276 g/mol. The minimum absolute atomic E-state index is 0.0434. The topological polar surface area (TPSA) is 50.4 Å². The number of anilines is 1. The van der Waals surface area contributed by atoms with Gasteiger partial charge in [-0.1, -0.05) is 17.7 Å². The van der Waals surface area contributed by atoms with Gasteiger partial charge >= 0.3 is 6.09 Å². The van der Waals surface area contributed by atoms with Gasteiger partial charge in [0.2, 0.25) is 0 Å². The van der Waals surface area contributed by atoms with Gasteiger partial charge < -0.3 is 15.4 Å². The van der Waals surface area contributed by atoms with E-state index < -0.39 is 11.7 Å². The lowest BCUT2D eigenvalue weighted by Gasteiger charge is -2.21. The van der Waals surface area contributed by atoms with Crippen molar-refractivity contribution in [2.75, 3.05) is 11.9 Å². The Morgan fingerprint density at radius 1 is 1.40 bits per heavy atom. The summed E-state index contributed by atoms with van der Waals surface area (Å²) in [6.45, 7) is 9.93. The molecule has 0 heterocycles. The molecule has 1 aromatic carbocycles. The fraction of sp³-hybridized carbons (Fsp3) is 0.533. The standard InChI is InChI=1S/C15H23ClN2O2/c1-10-6-7-12(16)13(8-10)18-11(2)9-17-14(19)20-15(3,4)5/h6-8,11,18H,9H2,1-5H3,(H,17,19). The average molecular weight is 299 g/mol. The van der Waals surface area contributed by atoms with Gasteiger partial charge in [0.15, 0.2) is 0 Å². The molecule has 4 nitrogen and oxygen atoms in total. The summed E-state index contributed by atoms with van der Waals surface area (Å²) in [5.74, 6) is 0. The number of carbonyl (C=O) groups is 1. The van der Waals surface area contributed by atoms with Crippen molar-refractivity contribution in [1.29, 1.82) is 0 Å². The molecule has 1 atom stereocenters. The zero-order valence-electron chi connectivity index (χ0n) is 12.7. The number of rotatable bonds is 4. The molecule has 0 saturated heterocycles.